The fourth-order valence-corrected chi connectivity index (χ4v) is 9.01. The first-order valence-electron chi connectivity index (χ1n) is 27.1. The van der Waals surface area contributed by atoms with Crippen LogP contribution in [0.1, 0.15) is 322 Å². The number of hydrogen-bond acceptors (Lipinski definition) is 3. The standard InChI is InChI=1S/C54H109NO2.Na/c1-3-5-7-9-11-13-15-17-19-21-23-25-27-29-31-33-35-37-39-41-43-47-51-55(53-49-45-46-50-54(56)57)52-48-44-42-40-38-36-34-32-30-28-26-24-22-20-18-16-14-12-10-8-6-4-2;/h3-53H2,1-2H3,(H,56,57);/q;+1/p-1. The number of carbonyl (C=O) groups excluding carboxylic acids is 1. The Kier molecular flexibility index (Phi) is 57.9. The molecule has 0 aromatic heterocycles. The van der Waals surface area contributed by atoms with E-state index in [-0.39, 0.29) is 36.0 Å². The van der Waals surface area contributed by atoms with Gasteiger partial charge in [0.05, 0.1) is 0 Å². The van der Waals surface area contributed by atoms with Crippen LogP contribution in [-0.2, 0) is 4.79 Å². The number of carboxylic acid groups (broad SMARTS) is 1. The van der Waals surface area contributed by atoms with Crippen LogP contribution in [0.4, 0.5) is 0 Å². The summed E-state index contributed by atoms with van der Waals surface area (Å²) in [5, 5.41) is 10.8. The van der Waals surface area contributed by atoms with Gasteiger partial charge in [-0.2, -0.15) is 0 Å². The average molecular weight is 826 g/mol. The van der Waals surface area contributed by atoms with Crippen LogP contribution in [0.15, 0.2) is 0 Å². The predicted molar refractivity (Wildman–Crippen MR) is 254 cm³/mol. The Morgan fingerprint density at radius 3 is 0.603 bits per heavy atom. The van der Waals surface area contributed by atoms with Crippen molar-refractivity contribution < 1.29 is 39.5 Å². The van der Waals surface area contributed by atoms with Crippen molar-refractivity contribution in [3.63, 3.8) is 0 Å². The van der Waals surface area contributed by atoms with Crippen molar-refractivity contribution in [3.8, 4) is 0 Å². The number of carboxylic acids is 1. The van der Waals surface area contributed by atoms with Crippen LogP contribution in [0.2, 0.25) is 0 Å². The largest absolute Gasteiger partial charge is 1.00 e. The first-order valence-corrected chi connectivity index (χ1v) is 27.1. The molecule has 0 spiro atoms. The van der Waals surface area contributed by atoms with Gasteiger partial charge < -0.3 is 14.8 Å². The zero-order valence-corrected chi connectivity index (χ0v) is 42.8. The quantitative estimate of drug-likeness (QED) is 0.0453. The number of rotatable bonds is 52. The normalized spacial score (nSPS) is 11.5. The molecular formula is C54H108NNaO2. The van der Waals surface area contributed by atoms with E-state index in [0.29, 0.717) is 0 Å². The van der Waals surface area contributed by atoms with Gasteiger partial charge in [0.25, 0.3) is 0 Å². The third kappa shape index (κ3) is 54.4. The molecule has 0 aliphatic carbocycles. The van der Waals surface area contributed by atoms with Crippen LogP contribution < -0.4 is 34.7 Å². The van der Waals surface area contributed by atoms with Crippen LogP contribution in [0.25, 0.3) is 0 Å². The van der Waals surface area contributed by atoms with E-state index < -0.39 is 5.97 Å². The van der Waals surface area contributed by atoms with Crippen molar-refractivity contribution in [2.24, 2.45) is 0 Å². The Bertz CT molecular complexity index is 684. The third-order valence-corrected chi connectivity index (χ3v) is 13.0. The number of carbonyl (C=O) groups is 1. The smallest absolute Gasteiger partial charge is 0.550 e. The second kappa shape index (κ2) is 55.4. The van der Waals surface area contributed by atoms with Crippen molar-refractivity contribution in [3.05, 3.63) is 0 Å². The molecule has 58 heavy (non-hydrogen) atoms. The van der Waals surface area contributed by atoms with Crippen molar-refractivity contribution in [2.75, 3.05) is 19.6 Å². The maximum Gasteiger partial charge on any atom is 1.00 e. The molecule has 0 N–H and O–H groups in total. The van der Waals surface area contributed by atoms with Gasteiger partial charge in [0, 0.05) is 5.97 Å². The van der Waals surface area contributed by atoms with Gasteiger partial charge in [-0.1, -0.05) is 290 Å². The van der Waals surface area contributed by atoms with E-state index in [1.807, 2.05) is 0 Å². The average Bonchev–Trinajstić information content (AvgIpc) is 3.21. The molecule has 0 rings (SSSR count). The van der Waals surface area contributed by atoms with Gasteiger partial charge in [-0.25, -0.2) is 0 Å². The topological polar surface area (TPSA) is 43.4 Å². The molecule has 0 aromatic rings. The summed E-state index contributed by atoms with van der Waals surface area (Å²) >= 11 is 0. The molecular weight excluding hydrogens is 718 g/mol. The van der Waals surface area contributed by atoms with E-state index in [1.165, 1.54) is 296 Å². The zero-order valence-electron chi connectivity index (χ0n) is 40.8. The Morgan fingerprint density at radius 1 is 0.276 bits per heavy atom. The maximum atomic E-state index is 10.8. The summed E-state index contributed by atoms with van der Waals surface area (Å²) in [5.74, 6) is -0.892. The van der Waals surface area contributed by atoms with Crippen molar-refractivity contribution in [1.29, 1.82) is 0 Å². The number of unbranched alkanes of at least 4 members (excludes halogenated alkanes) is 44. The Morgan fingerprint density at radius 2 is 0.431 bits per heavy atom. The van der Waals surface area contributed by atoms with Crippen LogP contribution >= 0.6 is 0 Å². The van der Waals surface area contributed by atoms with Gasteiger partial charge in [-0.15, -0.1) is 0 Å². The van der Waals surface area contributed by atoms with E-state index in [9.17, 15) is 9.90 Å². The Labute approximate surface area is 389 Å². The molecule has 3 nitrogen and oxygen atoms in total. The second-order valence-corrected chi connectivity index (χ2v) is 18.9. The van der Waals surface area contributed by atoms with Gasteiger partial charge in [-0.05, 0) is 51.7 Å². The summed E-state index contributed by atoms with van der Waals surface area (Å²) in [6.45, 7) is 8.22. The summed E-state index contributed by atoms with van der Waals surface area (Å²) < 4.78 is 0. The molecule has 4 heteroatoms. The minimum Gasteiger partial charge on any atom is -0.550 e. The van der Waals surface area contributed by atoms with Gasteiger partial charge in [0.1, 0.15) is 0 Å². The Balaban J connectivity index is 0. The fraction of sp³-hybridized carbons (Fsp3) is 0.981. The molecule has 0 fully saturated rings. The number of hydrogen-bond donors (Lipinski definition) is 0. The molecule has 0 aliphatic heterocycles. The predicted octanol–water partition coefficient (Wildman–Crippen LogP) is 14.8. The molecule has 0 saturated heterocycles. The third-order valence-electron chi connectivity index (χ3n) is 13.0. The van der Waals surface area contributed by atoms with E-state index >= 15 is 0 Å². The molecule has 0 unspecified atom stereocenters. The number of aliphatic carboxylic acids is 1. The number of nitrogens with zero attached hydrogens (tertiary/aromatic N) is 1. The monoisotopic (exact) mass is 826 g/mol. The minimum atomic E-state index is -0.892. The Hall–Kier alpha value is 0.430. The van der Waals surface area contributed by atoms with Gasteiger partial charge in [0.15, 0.2) is 0 Å². The summed E-state index contributed by atoms with van der Waals surface area (Å²) in [6.07, 6.45) is 66.5. The van der Waals surface area contributed by atoms with Crippen molar-refractivity contribution in [2.45, 2.75) is 322 Å². The molecule has 0 bridgehead atoms. The summed E-state index contributed by atoms with van der Waals surface area (Å²) in [5.41, 5.74) is 0. The molecule has 0 heterocycles. The molecule has 342 valence electrons. The zero-order chi connectivity index (χ0) is 41.2. The van der Waals surface area contributed by atoms with Gasteiger partial charge in [0.2, 0.25) is 0 Å². The van der Waals surface area contributed by atoms with Crippen LogP contribution in [-0.4, -0.2) is 30.5 Å². The van der Waals surface area contributed by atoms with Crippen LogP contribution in [0, 0.1) is 0 Å². The van der Waals surface area contributed by atoms with E-state index in [4.69, 9.17) is 0 Å². The maximum absolute atomic E-state index is 10.8. The SMILES string of the molecule is CCCCCCCCCCCCCCCCCCCCCCCCN(CCCCCCCCCCCCCCCCCCCCCCCC)CCCCCC(=O)[O-].[Na+]. The first-order chi connectivity index (χ1) is 28.2. The van der Waals surface area contributed by atoms with Crippen molar-refractivity contribution >= 4 is 5.97 Å². The second-order valence-electron chi connectivity index (χ2n) is 18.9. The van der Waals surface area contributed by atoms with Crippen LogP contribution in [0.3, 0.4) is 0 Å². The molecule has 0 aromatic carbocycles. The molecule has 0 amide bonds. The van der Waals surface area contributed by atoms with Gasteiger partial charge in [-0.3, -0.25) is 0 Å². The van der Waals surface area contributed by atoms with E-state index in [1.54, 1.807) is 0 Å². The summed E-state index contributed by atoms with van der Waals surface area (Å²) in [7, 11) is 0. The van der Waals surface area contributed by atoms with Crippen molar-refractivity contribution in [1.82, 2.24) is 4.90 Å². The van der Waals surface area contributed by atoms with Crippen LogP contribution in [0.5, 0.6) is 0 Å². The summed E-state index contributed by atoms with van der Waals surface area (Å²) in [4.78, 5) is 13.5. The molecule has 0 radical (unpaired) electrons. The van der Waals surface area contributed by atoms with E-state index in [0.717, 1.165) is 25.8 Å². The van der Waals surface area contributed by atoms with Gasteiger partial charge >= 0.3 is 29.6 Å². The molecule has 0 aliphatic rings. The molecule has 0 atom stereocenters. The van der Waals surface area contributed by atoms with E-state index in [2.05, 4.69) is 18.7 Å². The summed E-state index contributed by atoms with van der Waals surface area (Å²) in [6, 6.07) is 0. The fourth-order valence-electron chi connectivity index (χ4n) is 9.01. The first kappa shape index (κ1) is 60.5. The minimum absolute atomic E-state index is 0. The molecule has 0 saturated carbocycles.